The van der Waals surface area contributed by atoms with E-state index in [1.807, 2.05) is 56.3 Å². The molecule has 0 radical (unpaired) electrons. The van der Waals surface area contributed by atoms with Crippen molar-refractivity contribution in [2.75, 3.05) is 20.3 Å². The number of hydrogen-bond donors (Lipinski definition) is 0. The molecule has 2 aliphatic rings. The number of benzene rings is 4. The summed E-state index contributed by atoms with van der Waals surface area (Å²) in [6, 6.07) is 30.8. The lowest BCUT2D eigenvalue weighted by Crippen LogP contribution is -2.62. The number of ether oxygens (including phenoxy) is 6. The summed E-state index contributed by atoms with van der Waals surface area (Å²) in [6.45, 7) is 8.47. The van der Waals surface area contributed by atoms with E-state index in [1.54, 1.807) is 30.3 Å². The number of rotatable bonds is 13. The Labute approximate surface area is 315 Å². The first-order valence-electron chi connectivity index (χ1n) is 18.1. The molecule has 0 spiro atoms. The van der Waals surface area contributed by atoms with Crippen LogP contribution in [0.15, 0.2) is 102 Å². The fraction of sp³-hybridized carbons (Fsp3) is 0.372. The van der Waals surface area contributed by atoms with Crippen molar-refractivity contribution >= 4 is 29.9 Å². The van der Waals surface area contributed by atoms with Crippen LogP contribution in [0, 0.1) is 6.92 Å². The number of fused-ring (bicyclic) bond motifs is 3. The van der Waals surface area contributed by atoms with Crippen LogP contribution in [-0.2, 0) is 33.2 Å². The monoisotopic (exact) mass is 738 g/mol. The van der Waals surface area contributed by atoms with Gasteiger partial charge >= 0.3 is 18.1 Å². The van der Waals surface area contributed by atoms with Crippen molar-refractivity contribution in [1.29, 1.82) is 0 Å². The SMILES string of the molecule is CCCCOC1[C@H](OC(=O)OCC2c3ccccc3-c3ccccc32)C(C(=O)OC)O[C@@H](Sc2cc(C(C)C)ccc2C)[C@H]1OC(=O)c1ccccc1. The highest BCUT2D eigenvalue weighted by molar-refractivity contribution is 7.99. The van der Waals surface area contributed by atoms with Gasteiger partial charge in [-0.1, -0.05) is 118 Å². The molecule has 1 aliphatic carbocycles. The molecule has 278 valence electrons. The van der Waals surface area contributed by atoms with Gasteiger partial charge in [-0.05, 0) is 70.8 Å². The second kappa shape index (κ2) is 17.5. The topological polar surface area (TPSA) is 107 Å². The summed E-state index contributed by atoms with van der Waals surface area (Å²) in [7, 11) is 1.24. The maximum atomic E-state index is 13.7. The standard InChI is InChI=1S/C43H46O9S/c1-6-7-23-48-36-37(52-43(46)49-25-34-32-19-13-11-17-30(32)31-18-12-14-20-33(31)34)38(41(45)47-5)51-42(39(36)50-40(44)28-15-9-8-10-16-28)53-35-24-29(26(2)3)22-21-27(35)4/h8-22,24,26,34,36-39,42H,6-7,23,25H2,1-5H3/t36?,37-,38?,39-,42-/m0/s1. The van der Waals surface area contributed by atoms with Gasteiger partial charge in [-0.3, -0.25) is 0 Å². The second-order valence-electron chi connectivity index (χ2n) is 13.5. The molecule has 0 aromatic heterocycles. The molecule has 6 rings (SSSR count). The number of esters is 2. The maximum Gasteiger partial charge on any atom is 0.508 e. The van der Waals surface area contributed by atoms with Crippen LogP contribution in [0.1, 0.15) is 78.1 Å². The van der Waals surface area contributed by atoms with Crippen LogP contribution in [0.3, 0.4) is 0 Å². The van der Waals surface area contributed by atoms with E-state index in [1.165, 1.54) is 18.9 Å². The second-order valence-corrected chi connectivity index (χ2v) is 14.7. The summed E-state index contributed by atoms with van der Waals surface area (Å²) in [6.07, 6.45) is -4.54. The zero-order valence-electron chi connectivity index (χ0n) is 30.7. The van der Waals surface area contributed by atoms with Gasteiger partial charge in [0.2, 0.25) is 0 Å². The molecule has 0 saturated carbocycles. The molecule has 1 fully saturated rings. The first-order valence-corrected chi connectivity index (χ1v) is 19.0. The Morgan fingerprint density at radius 2 is 1.47 bits per heavy atom. The molecule has 4 aromatic carbocycles. The number of hydrogen-bond acceptors (Lipinski definition) is 10. The van der Waals surface area contributed by atoms with E-state index in [0.717, 1.165) is 44.7 Å². The van der Waals surface area contributed by atoms with Gasteiger partial charge in [0.05, 0.1) is 12.7 Å². The van der Waals surface area contributed by atoms with Crippen molar-refractivity contribution in [1.82, 2.24) is 0 Å². The third-order valence-corrected chi connectivity index (χ3v) is 11.0. The number of aryl methyl sites for hydroxylation is 1. The van der Waals surface area contributed by atoms with Crippen molar-refractivity contribution in [2.24, 2.45) is 0 Å². The molecule has 1 heterocycles. The number of carbonyl (C=O) groups excluding carboxylic acids is 3. The summed E-state index contributed by atoms with van der Waals surface area (Å²) in [5, 5.41) is 0. The Hall–Kier alpha value is -4.64. The third-order valence-electron chi connectivity index (χ3n) is 9.67. The van der Waals surface area contributed by atoms with Crippen LogP contribution >= 0.6 is 11.8 Å². The van der Waals surface area contributed by atoms with E-state index >= 15 is 0 Å². The van der Waals surface area contributed by atoms with Gasteiger partial charge in [0.15, 0.2) is 18.3 Å². The molecule has 0 N–H and O–H groups in total. The van der Waals surface area contributed by atoms with Gasteiger partial charge in [-0.25, -0.2) is 14.4 Å². The zero-order chi connectivity index (χ0) is 37.5. The van der Waals surface area contributed by atoms with Crippen LogP contribution in [0.4, 0.5) is 4.79 Å². The summed E-state index contributed by atoms with van der Waals surface area (Å²) in [4.78, 5) is 41.7. The van der Waals surface area contributed by atoms with E-state index < -0.39 is 47.9 Å². The molecule has 9 nitrogen and oxygen atoms in total. The summed E-state index contributed by atoms with van der Waals surface area (Å²) < 4.78 is 36.1. The van der Waals surface area contributed by atoms with Crippen molar-refractivity contribution in [2.45, 2.75) is 87.1 Å². The van der Waals surface area contributed by atoms with Crippen LogP contribution in [0.25, 0.3) is 11.1 Å². The van der Waals surface area contributed by atoms with Gasteiger partial charge in [-0.15, -0.1) is 0 Å². The van der Waals surface area contributed by atoms with Gasteiger partial charge in [-0.2, -0.15) is 0 Å². The van der Waals surface area contributed by atoms with Crippen molar-refractivity contribution < 1.29 is 42.8 Å². The number of methoxy groups -OCH3 is 1. The van der Waals surface area contributed by atoms with E-state index in [4.69, 9.17) is 28.4 Å². The molecule has 0 amide bonds. The highest BCUT2D eigenvalue weighted by Crippen LogP contribution is 2.45. The van der Waals surface area contributed by atoms with Crippen molar-refractivity contribution in [3.63, 3.8) is 0 Å². The molecule has 2 unspecified atom stereocenters. The first kappa shape index (κ1) is 38.1. The smallest absolute Gasteiger partial charge is 0.467 e. The number of unbranched alkanes of at least 4 members (excludes halogenated alkanes) is 1. The minimum absolute atomic E-state index is 0.00105. The van der Waals surface area contributed by atoms with Crippen LogP contribution in [-0.4, -0.2) is 68.3 Å². The lowest BCUT2D eigenvalue weighted by atomic mass is 9.98. The third kappa shape index (κ3) is 8.61. The van der Waals surface area contributed by atoms with Gasteiger partial charge in [0.25, 0.3) is 0 Å². The van der Waals surface area contributed by atoms with E-state index in [2.05, 4.69) is 38.1 Å². The summed E-state index contributed by atoms with van der Waals surface area (Å²) >= 11 is 1.32. The Morgan fingerprint density at radius 3 is 2.11 bits per heavy atom. The fourth-order valence-electron chi connectivity index (χ4n) is 6.75. The molecule has 10 heteroatoms. The molecule has 4 aromatic rings. The Kier molecular flexibility index (Phi) is 12.5. The van der Waals surface area contributed by atoms with E-state index in [0.29, 0.717) is 12.0 Å². The van der Waals surface area contributed by atoms with E-state index in [9.17, 15) is 14.4 Å². The minimum Gasteiger partial charge on any atom is -0.467 e. The summed E-state index contributed by atoms with van der Waals surface area (Å²) in [5.41, 5.74) is 5.73. The number of carbonyl (C=O) groups is 3. The maximum absolute atomic E-state index is 13.7. The van der Waals surface area contributed by atoms with Crippen molar-refractivity contribution in [3.8, 4) is 11.1 Å². The molecule has 0 bridgehead atoms. The molecule has 1 aliphatic heterocycles. The minimum atomic E-state index is -1.41. The normalized spacial score (nSPS) is 20.7. The van der Waals surface area contributed by atoms with Gasteiger partial charge in [0, 0.05) is 17.4 Å². The van der Waals surface area contributed by atoms with Crippen molar-refractivity contribution in [3.05, 3.63) is 125 Å². The van der Waals surface area contributed by atoms with Crippen LogP contribution in [0.5, 0.6) is 0 Å². The average molecular weight is 739 g/mol. The highest BCUT2D eigenvalue weighted by atomic mass is 32.2. The quantitative estimate of drug-likeness (QED) is 0.0750. The molecular formula is C43H46O9S. The van der Waals surface area contributed by atoms with E-state index in [-0.39, 0.29) is 25.0 Å². The molecule has 5 atom stereocenters. The fourth-order valence-corrected chi connectivity index (χ4v) is 7.98. The Bertz CT molecular complexity index is 1850. The van der Waals surface area contributed by atoms with Crippen LogP contribution in [0.2, 0.25) is 0 Å². The first-order chi connectivity index (χ1) is 25.7. The Balaban J connectivity index is 1.32. The molecule has 53 heavy (non-hydrogen) atoms. The highest BCUT2D eigenvalue weighted by Gasteiger charge is 2.54. The summed E-state index contributed by atoms with van der Waals surface area (Å²) in [5.74, 6) is -1.33. The van der Waals surface area contributed by atoms with Gasteiger partial charge < -0.3 is 28.4 Å². The van der Waals surface area contributed by atoms with Gasteiger partial charge in [0.1, 0.15) is 18.1 Å². The number of thioether (sulfide) groups is 1. The molecule has 1 saturated heterocycles. The molecular weight excluding hydrogens is 693 g/mol. The lowest BCUT2D eigenvalue weighted by Gasteiger charge is -2.44. The lowest BCUT2D eigenvalue weighted by molar-refractivity contribution is -0.224. The predicted octanol–water partition coefficient (Wildman–Crippen LogP) is 8.85. The predicted molar refractivity (Wildman–Crippen MR) is 202 cm³/mol. The average Bonchev–Trinajstić information content (AvgIpc) is 3.49. The van der Waals surface area contributed by atoms with Crippen LogP contribution < -0.4 is 0 Å². The Morgan fingerprint density at radius 1 is 0.811 bits per heavy atom. The largest absolute Gasteiger partial charge is 0.508 e. The zero-order valence-corrected chi connectivity index (χ0v) is 31.5.